The van der Waals surface area contributed by atoms with Crippen LogP contribution < -0.4 is 10.1 Å². The summed E-state index contributed by atoms with van der Waals surface area (Å²) in [6.45, 7) is 4.94. The number of carbonyl (C=O) groups is 1. The third kappa shape index (κ3) is 4.95. The van der Waals surface area contributed by atoms with Crippen molar-refractivity contribution < 1.29 is 17.9 Å². The van der Waals surface area contributed by atoms with E-state index in [2.05, 4.69) is 5.32 Å². The van der Waals surface area contributed by atoms with Crippen LogP contribution in [0.1, 0.15) is 31.7 Å². The molecule has 24 heavy (non-hydrogen) atoms. The third-order valence-electron chi connectivity index (χ3n) is 3.99. The summed E-state index contributed by atoms with van der Waals surface area (Å²) in [6.07, 6.45) is 1.85. The lowest BCUT2D eigenvalue weighted by Crippen LogP contribution is -2.47. The van der Waals surface area contributed by atoms with Crippen LogP contribution in [-0.4, -0.2) is 50.1 Å². The fourth-order valence-electron chi connectivity index (χ4n) is 2.88. The number of nitrogens with zero attached hydrogens (tertiary/aromatic N) is 1. The molecule has 0 aromatic heterocycles. The SMILES string of the molecule is CCCS(=O)(=O)N1CCCC1C(=O)NCCOc1cccc(C)c1. The number of sulfonamides is 1. The zero-order valence-corrected chi connectivity index (χ0v) is 15.1. The van der Waals surface area contributed by atoms with Gasteiger partial charge in [0.1, 0.15) is 18.4 Å². The summed E-state index contributed by atoms with van der Waals surface area (Å²) in [7, 11) is -3.34. The fraction of sp³-hybridized carbons (Fsp3) is 0.588. The monoisotopic (exact) mass is 354 g/mol. The van der Waals surface area contributed by atoms with E-state index in [-0.39, 0.29) is 11.7 Å². The first kappa shape index (κ1) is 18.7. The summed E-state index contributed by atoms with van der Waals surface area (Å²) in [5.41, 5.74) is 1.11. The lowest BCUT2D eigenvalue weighted by molar-refractivity contribution is -0.124. The molecule has 7 heteroatoms. The second-order valence-corrected chi connectivity index (χ2v) is 8.08. The van der Waals surface area contributed by atoms with Crippen LogP contribution in [0.25, 0.3) is 0 Å². The summed E-state index contributed by atoms with van der Waals surface area (Å²) in [5, 5.41) is 2.78. The first-order chi connectivity index (χ1) is 11.4. The molecule has 1 atom stereocenters. The Labute approximate surface area is 144 Å². The molecule has 0 radical (unpaired) electrons. The number of rotatable bonds is 8. The molecule has 1 fully saturated rings. The molecule has 1 amide bonds. The van der Waals surface area contributed by atoms with Gasteiger partial charge in [0, 0.05) is 6.54 Å². The number of benzene rings is 1. The van der Waals surface area contributed by atoms with Gasteiger partial charge in [-0.25, -0.2) is 8.42 Å². The maximum atomic E-state index is 12.3. The molecule has 0 aliphatic carbocycles. The van der Waals surface area contributed by atoms with Gasteiger partial charge < -0.3 is 10.1 Å². The van der Waals surface area contributed by atoms with Crippen LogP contribution in [0.15, 0.2) is 24.3 Å². The van der Waals surface area contributed by atoms with Crippen molar-refractivity contribution >= 4 is 15.9 Å². The fourth-order valence-corrected chi connectivity index (χ4v) is 4.62. The van der Waals surface area contributed by atoms with Crippen LogP contribution in [0.4, 0.5) is 0 Å². The van der Waals surface area contributed by atoms with Crippen molar-refractivity contribution in [3.63, 3.8) is 0 Å². The normalized spacial score (nSPS) is 18.5. The van der Waals surface area contributed by atoms with E-state index in [0.717, 1.165) is 17.7 Å². The molecule has 1 N–H and O–H groups in total. The number of hydrogen-bond donors (Lipinski definition) is 1. The van der Waals surface area contributed by atoms with Crippen LogP contribution in [-0.2, 0) is 14.8 Å². The molecule has 1 aliphatic rings. The van der Waals surface area contributed by atoms with Gasteiger partial charge in [-0.05, 0) is 43.9 Å². The molecule has 134 valence electrons. The smallest absolute Gasteiger partial charge is 0.238 e. The zero-order chi connectivity index (χ0) is 17.6. The standard InChI is InChI=1S/C17H26N2O4S/c1-3-12-24(21,22)19-10-5-8-16(19)17(20)18-9-11-23-15-7-4-6-14(2)13-15/h4,6-7,13,16H,3,5,8-12H2,1-2H3,(H,18,20). The van der Waals surface area contributed by atoms with E-state index in [1.165, 1.54) is 4.31 Å². The average Bonchev–Trinajstić information content (AvgIpc) is 3.02. The van der Waals surface area contributed by atoms with Crippen LogP contribution in [0.3, 0.4) is 0 Å². The van der Waals surface area contributed by atoms with E-state index in [9.17, 15) is 13.2 Å². The third-order valence-corrected chi connectivity index (χ3v) is 6.06. The van der Waals surface area contributed by atoms with Gasteiger partial charge in [-0.15, -0.1) is 0 Å². The predicted octanol–water partition coefficient (Wildman–Crippen LogP) is 1.69. The summed E-state index contributed by atoms with van der Waals surface area (Å²) in [6, 6.07) is 7.11. The van der Waals surface area contributed by atoms with Crippen LogP contribution in [0, 0.1) is 6.92 Å². The van der Waals surface area contributed by atoms with E-state index >= 15 is 0 Å². The van der Waals surface area contributed by atoms with Gasteiger partial charge in [-0.1, -0.05) is 19.1 Å². The Bertz CT molecular complexity index is 660. The topological polar surface area (TPSA) is 75.7 Å². The van der Waals surface area contributed by atoms with E-state index in [1.54, 1.807) is 0 Å². The first-order valence-corrected chi connectivity index (χ1v) is 10.0. The summed E-state index contributed by atoms with van der Waals surface area (Å²) >= 11 is 0. The minimum absolute atomic E-state index is 0.0905. The molecule has 1 unspecified atom stereocenters. The van der Waals surface area contributed by atoms with Gasteiger partial charge >= 0.3 is 0 Å². The number of ether oxygens (including phenoxy) is 1. The Morgan fingerprint density at radius 1 is 1.42 bits per heavy atom. The number of amides is 1. The maximum absolute atomic E-state index is 12.3. The maximum Gasteiger partial charge on any atom is 0.238 e. The molecule has 1 aromatic rings. The molecule has 1 saturated heterocycles. The number of hydrogen-bond acceptors (Lipinski definition) is 4. The van der Waals surface area contributed by atoms with Crippen molar-refractivity contribution in [3.8, 4) is 5.75 Å². The summed E-state index contributed by atoms with van der Waals surface area (Å²) in [5.74, 6) is 0.616. The highest BCUT2D eigenvalue weighted by atomic mass is 32.2. The molecular formula is C17H26N2O4S. The van der Waals surface area contributed by atoms with Crippen molar-refractivity contribution in [1.29, 1.82) is 0 Å². The van der Waals surface area contributed by atoms with E-state index in [1.807, 2.05) is 38.1 Å². The van der Waals surface area contributed by atoms with Crippen LogP contribution in [0.2, 0.25) is 0 Å². The molecule has 0 saturated carbocycles. The van der Waals surface area contributed by atoms with Gasteiger partial charge in [-0.3, -0.25) is 4.79 Å². The Hall–Kier alpha value is -1.60. The summed E-state index contributed by atoms with van der Waals surface area (Å²) in [4.78, 5) is 12.3. The zero-order valence-electron chi connectivity index (χ0n) is 14.3. The van der Waals surface area contributed by atoms with Gasteiger partial charge in [0.05, 0.1) is 12.3 Å². The van der Waals surface area contributed by atoms with Crippen molar-refractivity contribution in [1.82, 2.24) is 9.62 Å². The predicted molar refractivity (Wildman–Crippen MR) is 93.5 cm³/mol. The van der Waals surface area contributed by atoms with Crippen molar-refractivity contribution in [2.24, 2.45) is 0 Å². The molecule has 1 aromatic carbocycles. The number of nitrogens with one attached hydrogen (secondary N) is 1. The highest BCUT2D eigenvalue weighted by Crippen LogP contribution is 2.22. The van der Waals surface area contributed by atoms with Gasteiger partial charge in [0.2, 0.25) is 15.9 Å². The Morgan fingerprint density at radius 3 is 2.92 bits per heavy atom. The Morgan fingerprint density at radius 2 is 2.21 bits per heavy atom. The minimum atomic E-state index is -3.34. The molecule has 6 nitrogen and oxygen atoms in total. The highest BCUT2D eigenvalue weighted by molar-refractivity contribution is 7.89. The van der Waals surface area contributed by atoms with Gasteiger partial charge in [-0.2, -0.15) is 4.31 Å². The molecule has 2 rings (SSSR count). The first-order valence-electron chi connectivity index (χ1n) is 8.40. The van der Waals surface area contributed by atoms with E-state index in [0.29, 0.717) is 32.5 Å². The molecule has 0 spiro atoms. The van der Waals surface area contributed by atoms with Crippen molar-refractivity contribution in [3.05, 3.63) is 29.8 Å². The minimum Gasteiger partial charge on any atom is -0.492 e. The molecule has 0 bridgehead atoms. The molecular weight excluding hydrogens is 328 g/mol. The van der Waals surface area contributed by atoms with Crippen LogP contribution >= 0.6 is 0 Å². The van der Waals surface area contributed by atoms with Crippen molar-refractivity contribution in [2.45, 2.75) is 39.2 Å². The van der Waals surface area contributed by atoms with Crippen LogP contribution in [0.5, 0.6) is 5.75 Å². The molecule has 1 aliphatic heterocycles. The number of aryl methyl sites for hydroxylation is 1. The summed E-state index contributed by atoms with van der Waals surface area (Å²) < 4.78 is 31.4. The van der Waals surface area contributed by atoms with Crippen molar-refractivity contribution in [2.75, 3.05) is 25.4 Å². The lowest BCUT2D eigenvalue weighted by Gasteiger charge is -2.23. The van der Waals surface area contributed by atoms with Gasteiger partial charge in [0.15, 0.2) is 0 Å². The van der Waals surface area contributed by atoms with E-state index in [4.69, 9.17) is 4.74 Å². The van der Waals surface area contributed by atoms with E-state index < -0.39 is 16.1 Å². The Balaban J connectivity index is 1.81. The lowest BCUT2D eigenvalue weighted by atomic mass is 10.2. The second kappa shape index (κ2) is 8.48. The molecule has 1 heterocycles. The number of carbonyl (C=O) groups excluding carboxylic acids is 1. The largest absolute Gasteiger partial charge is 0.492 e. The average molecular weight is 354 g/mol. The Kier molecular flexibility index (Phi) is 6.62. The second-order valence-electron chi connectivity index (χ2n) is 6.04. The highest BCUT2D eigenvalue weighted by Gasteiger charge is 2.37. The van der Waals surface area contributed by atoms with Gasteiger partial charge in [0.25, 0.3) is 0 Å². The quantitative estimate of drug-likeness (QED) is 0.721.